The number of carbonyl (C=O) groups is 2. The lowest BCUT2D eigenvalue weighted by Crippen LogP contribution is -2.42. The minimum Gasteiger partial charge on any atom is -0.497 e. The molecule has 0 aliphatic carbocycles. The Balaban J connectivity index is 1.69. The van der Waals surface area contributed by atoms with E-state index in [-0.39, 0.29) is 17.9 Å². The zero-order valence-corrected chi connectivity index (χ0v) is 15.2. The molecule has 1 unspecified atom stereocenters. The molecular weight excluding hydrogens is 328 g/mol. The SMILES string of the molecule is CCC(=O)N1CCCC1C(=O)Nc1ccc(-c2cccc(OC)c2)cc1. The fourth-order valence-corrected chi connectivity index (χ4v) is 3.32. The van der Waals surface area contributed by atoms with Gasteiger partial charge in [0.05, 0.1) is 7.11 Å². The van der Waals surface area contributed by atoms with E-state index in [1.807, 2.05) is 55.5 Å². The molecule has 2 amide bonds. The molecule has 5 nitrogen and oxygen atoms in total. The predicted molar refractivity (Wildman–Crippen MR) is 102 cm³/mol. The van der Waals surface area contributed by atoms with Crippen LogP contribution in [0.25, 0.3) is 11.1 Å². The molecule has 0 bridgehead atoms. The van der Waals surface area contributed by atoms with Crippen molar-refractivity contribution in [1.82, 2.24) is 4.90 Å². The molecule has 1 aliphatic rings. The highest BCUT2D eigenvalue weighted by atomic mass is 16.5. The van der Waals surface area contributed by atoms with Crippen molar-refractivity contribution in [3.05, 3.63) is 48.5 Å². The third kappa shape index (κ3) is 3.87. The van der Waals surface area contributed by atoms with E-state index < -0.39 is 0 Å². The van der Waals surface area contributed by atoms with Crippen molar-refractivity contribution in [3.63, 3.8) is 0 Å². The third-order valence-corrected chi connectivity index (χ3v) is 4.73. The van der Waals surface area contributed by atoms with Crippen LogP contribution in [0.4, 0.5) is 5.69 Å². The molecule has 1 saturated heterocycles. The summed E-state index contributed by atoms with van der Waals surface area (Å²) in [6.07, 6.45) is 2.02. The summed E-state index contributed by atoms with van der Waals surface area (Å²) in [5.74, 6) is 0.733. The molecule has 2 aromatic carbocycles. The van der Waals surface area contributed by atoms with Crippen LogP contribution in [-0.4, -0.2) is 36.4 Å². The molecule has 1 fully saturated rings. The Morgan fingerprint density at radius 3 is 2.62 bits per heavy atom. The minimum atomic E-state index is -0.361. The Morgan fingerprint density at radius 2 is 1.92 bits per heavy atom. The molecule has 2 aromatic rings. The molecule has 0 aromatic heterocycles. The van der Waals surface area contributed by atoms with Gasteiger partial charge in [0, 0.05) is 18.7 Å². The normalized spacial score (nSPS) is 16.4. The summed E-state index contributed by atoms with van der Waals surface area (Å²) in [5.41, 5.74) is 2.83. The van der Waals surface area contributed by atoms with E-state index in [1.165, 1.54) is 0 Å². The highest BCUT2D eigenvalue weighted by Gasteiger charge is 2.33. The molecule has 0 spiro atoms. The average molecular weight is 352 g/mol. The lowest BCUT2D eigenvalue weighted by atomic mass is 10.0. The number of anilines is 1. The minimum absolute atomic E-state index is 0.0380. The molecule has 1 N–H and O–H groups in total. The first kappa shape index (κ1) is 18.0. The zero-order chi connectivity index (χ0) is 18.5. The summed E-state index contributed by atoms with van der Waals surface area (Å²) in [4.78, 5) is 26.2. The van der Waals surface area contributed by atoms with Gasteiger partial charge in [-0.3, -0.25) is 9.59 Å². The largest absolute Gasteiger partial charge is 0.497 e. The van der Waals surface area contributed by atoms with Crippen molar-refractivity contribution in [2.45, 2.75) is 32.2 Å². The smallest absolute Gasteiger partial charge is 0.247 e. The van der Waals surface area contributed by atoms with Gasteiger partial charge in [-0.2, -0.15) is 0 Å². The first-order valence-electron chi connectivity index (χ1n) is 8.97. The van der Waals surface area contributed by atoms with E-state index in [0.717, 1.165) is 35.4 Å². The number of hydrogen-bond donors (Lipinski definition) is 1. The van der Waals surface area contributed by atoms with Crippen LogP contribution in [-0.2, 0) is 9.59 Å². The molecule has 1 aliphatic heterocycles. The number of likely N-dealkylation sites (tertiary alicyclic amines) is 1. The number of amides is 2. The Hall–Kier alpha value is -2.82. The van der Waals surface area contributed by atoms with Gasteiger partial charge < -0.3 is 15.0 Å². The van der Waals surface area contributed by atoms with Crippen molar-refractivity contribution >= 4 is 17.5 Å². The molecule has 5 heteroatoms. The van der Waals surface area contributed by atoms with Crippen molar-refractivity contribution in [2.75, 3.05) is 19.0 Å². The number of methoxy groups -OCH3 is 1. The van der Waals surface area contributed by atoms with Crippen LogP contribution in [0.15, 0.2) is 48.5 Å². The number of carbonyl (C=O) groups excluding carboxylic acids is 2. The van der Waals surface area contributed by atoms with Crippen LogP contribution in [0, 0.1) is 0 Å². The molecule has 1 atom stereocenters. The average Bonchev–Trinajstić information content (AvgIpc) is 3.18. The molecule has 3 rings (SSSR count). The van der Waals surface area contributed by atoms with Crippen LogP contribution in [0.2, 0.25) is 0 Å². The summed E-state index contributed by atoms with van der Waals surface area (Å²) in [6, 6.07) is 15.2. The lowest BCUT2D eigenvalue weighted by molar-refractivity contribution is -0.136. The molecule has 136 valence electrons. The summed E-state index contributed by atoms with van der Waals surface area (Å²) in [6.45, 7) is 2.49. The molecular formula is C21H24N2O3. The van der Waals surface area contributed by atoms with E-state index >= 15 is 0 Å². The summed E-state index contributed by atoms with van der Waals surface area (Å²) in [7, 11) is 1.65. The Kier molecular flexibility index (Phi) is 5.56. The van der Waals surface area contributed by atoms with Crippen LogP contribution in [0.1, 0.15) is 26.2 Å². The van der Waals surface area contributed by atoms with Crippen LogP contribution in [0.5, 0.6) is 5.75 Å². The number of ether oxygens (including phenoxy) is 1. The fraction of sp³-hybridized carbons (Fsp3) is 0.333. The number of nitrogens with zero attached hydrogens (tertiary/aromatic N) is 1. The highest BCUT2D eigenvalue weighted by Crippen LogP contribution is 2.26. The fourth-order valence-electron chi connectivity index (χ4n) is 3.32. The van der Waals surface area contributed by atoms with Gasteiger partial charge in [0.1, 0.15) is 11.8 Å². The third-order valence-electron chi connectivity index (χ3n) is 4.73. The van der Waals surface area contributed by atoms with E-state index in [0.29, 0.717) is 13.0 Å². The van der Waals surface area contributed by atoms with Gasteiger partial charge in [0.25, 0.3) is 0 Å². The van der Waals surface area contributed by atoms with Gasteiger partial charge in [0.15, 0.2) is 0 Å². The first-order chi connectivity index (χ1) is 12.6. The van der Waals surface area contributed by atoms with Crippen molar-refractivity contribution < 1.29 is 14.3 Å². The van der Waals surface area contributed by atoms with E-state index in [4.69, 9.17) is 4.74 Å². The van der Waals surface area contributed by atoms with E-state index in [9.17, 15) is 9.59 Å². The van der Waals surface area contributed by atoms with Crippen LogP contribution in [0.3, 0.4) is 0 Å². The lowest BCUT2D eigenvalue weighted by Gasteiger charge is -2.23. The van der Waals surface area contributed by atoms with Gasteiger partial charge in [-0.15, -0.1) is 0 Å². The Labute approximate surface area is 154 Å². The number of rotatable bonds is 5. The molecule has 1 heterocycles. The maximum Gasteiger partial charge on any atom is 0.247 e. The Bertz CT molecular complexity index is 786. The molecule has 26 heavy (non-hydrogen) atoms. The molecule has 0 saturated carbocycles. The number of nitrogens with one attached hydrogen (secondary N) is 1. The van der Waals surface area contributed by atoms with E-state index in [1.54, 1.807) is 12.0 Å². The molecule has 0 radical (unpaired) electrons. The number of hydrogen-bond acceptors (Lipinski definition) is 3. The highest BCUT2D eigenvalue weighted by molar-refractivity contribution is 5.97. The van der Waals surface area contributed by atoms with Gasteiger partial charge in [-0.1, -0.05) is 31.2 Å². The van der Waals surface area contributed by atoms with Crippen molar-refractivity contribution in [1.29, 1.82) is 0 Å². The summed E-state index contributed by atoms with van der Waals surface area (Å²) >= 11 is 0. The predicted octanol–water partition coefficient (Wildman–Crippen LogP) is 3.70. The maximum absolute atomic E-state index is 12.6. The standard InChI is InChI=1S/C21H24N2O3/c1-3-20(24)23-13-5-8-19(23)21(25)22-17-11-9-15(10-12-17)16-6-4-7-18(14-16)26-2/h4,6-7,9-12,14,19H,3,5,8,13H2,1-2H3,(H,22,25). The Morgan fingerprint density at radius 1 is 1.15 bits per heavy atom. The summed E-state index contributed by atoms with van der Waals surface area (Å²) in [5, 5.41) is 2.94. The van der Waals surface area contributed by atoms with Gasteiger partial charge >= 0.3 is 0 Å². The topological polar surface area (TPSA) is 58.6 Å². The summed E-state index contributed by atoms with van der Waals surface area (Å²) < 4.78 is 5.26. The van der Waals surface area contributed by atoms with Crippen molar-refractivity contribution in [3.8, 4) is 16.9 Å². The first-order valence-corrected chi connectivity index (χ1v) is 8.97. The number of benzene rings is 2. The van der Waals surface area contributed by atoms with E-state index in [2.05, 4.69) is 5.32 Å². The monoisotopic (exact) mass is 352 g/mol. The second-order valence-electron chi connectivity index (χ2n) is 6.40. The van der Waals surface area contributed by atoms with Gasteiger partial charge in [-0.05, 0) is 48.2 Å². The zero-order valence-electron chi connectivity index (χ0n) is 15.2. The second kappa shape index (κ2) is 8.04. The van der Waals surface area contributed by atoms with Gasteiger partial charge in [0.2, 0.25) is 11.8 Å². The van der Waals surface area contributed by atoms with Crippen LogP contribution < -0.4 is 10.1 Å². The van der Waals surface area contributed by atoms with Gasteiger partial charge in [-0.25, -0.2) is 0 Å². The second-order valence-corrected chi connectivity index (χ2v) is 6.40. The van der Waals surface area contributed by atoms with Crippen LogP contribution >= 0.6 is 0 Å². The van der Waals surface area contributed by atoms with Crippen molar-refractivity contribution in [2.24, 2.45) is 0 Å². The maximum atomic E-state index is 12.6. The quantitative estimate of drug-likeness (QED) is 0.892.